The van der Waals surface area contributed by atoms with Crippen molar-refractivity contribution in [2.45, 2.75) is 6.61 Å². The molecule has 1 aromatic heterocycles. The standard InChI is InChI=1S/C15H10ClFO2/c16-11-1-6-14-10(9-19-15(14)7-11)8-18-13-4-2-12(17)3-5-13/h1-7,9H,8H2. The highest BCUT2D eigenvalue weighted by molar-refractivity contribution is 6.31. The van der Waals surface area contributed by atoms with E-state index in [9.17, 15) is 4.39 Å². The van der Waals surface area contributed by atoms with E-state index >= 15 is 0 Å². The Morgan fingerprint density at radius 2 is 1.89 bits per heavy atom. The van der Waals surface area contributed by atoms with Gasteiger partial charge in [0.2, 0.25) is 0 Å². The van der Waals surface area contributed by atoms with Gasteiger partial charge in [-0.3, -0.25) is 0 Å². The summed E-state index contributed by atoms with van der Waals surface area (Å²) in [4.78, 5) is 0. The van der Waals surface area contributed by atoms with Crippen LogP contribution < -0.4 is 4.74 Å². The minimum atomic E-state index is -0.282. The molecule has 0 fully saturated rings. The molecule has 19 heavy (non-hydrogen) atoms. The molecule has 3 aromatic rings. The van der Waals surface area contributed by atoms with Crippen LogP contribution in [0.15, 0.2) is 53.1 Å². The van der Waals surface area contributed by atoms with Gasteiger partial charge in [0.05, 0.1) is 6.26 Å². The molecule has 0 N–H and O–H groups in total. The average molecular weight is 277 g/mol. The lowest BCUT2D eigenvalue weighted by Crippen LogP contribution is -1.94. The van der Waals surface area contributed by atoms with Crippen LogP contribution in [0.25, 0.3) is 11.0 Å². The zero-order valence-corrected chi connectivity index (χ0v) is 10.7. The minimum Gasteiger partial charge on any atom is -0.489 e. The second-order valence-electron chi connectivity index (χ2n) is 4.14. The molecule has 0 bridgehead atoms. The minimum absolute atomic E-state index is 0.282. The summed E-state index contributed by atoms with van der Waals surface area (Å²) in [6, 6.07) is 11.4. The van der Waals surface area contributed by atoms with Crippen molar-refractivity contribution in [3.63, 3.8) is 0 Å². The molecule has 0 aliphatic carbocycles. The first-order valence-corrected chi connectivity index (χ1v) is 6.14. The van der Waals surface area contributed by atoms with Gasteiger partial charge in [-0.2, -0.15) is 0 Å². The summed E-state index contributed by atoms with van der Waals surface area (Å²) in [5, 5.41) is 1.60. The Morgan fingerprint density at radius 3 is 2.68 bits per heavy atom. The van der Waals surface area contributed by atoms with Crippen LogP contribution in [-0.4, -0.2) is 0 Å². The van der Waals surface area contributed by atoms with Crippen molar-refractivity contribution in [3.8, 4) is 5.75 Å². The Bertz CT molecular complexity index is 704. The molecule has 0 saturated carbocycles. The van der Waals surface area contributed by atoms with Crippen LogP contribution in [0.4, 0.5) is 4.39 Å². The van der Waals surface area contributed by atoms with Crippen molar-refractivity contribution >= 4 is 22.6 Å². The fourth-order valence-electron chi connectivity index (χ4n) is 1.86. The van der Waals surface area contributed by atoms with Crippen molar-refractivity contribution in [2.24, 2.45) is 0 Å². The summed E-state index contributed by atoms with van der Waals surface area (Å²) in [6.07, 6.45) is 1.64. The first-order chi connectivity index (χ1) is 9.22. The molecule has 0 aliphatic rings. The number of rotatable bonds is 3. The molecule has 0 radical (unpaired) electrons. The molecule has 0 aliphatic heterocycles. The van der Waals surface area contributed by atoms with Gasteiger partial charge < -0.3 is 9.15 Å². The average Bonchev–Trinajstić information content (AvgIpc) is 2.80. The molecule has 0 atom stereocenters. The van der Waals surface area contributed by atoms with Gasteiger partial charge in [0, 0.05) is 16.0 Å². The van der Waals surface area contributed by atoms with Gasteiger partial charge in [0.1, 0.15) is 23.8 Å². The fourth-order valence-corrected chi connectivity index (χ4v) is 2.02. The van der Waals surface area contributed by atoms with Gasteiger partial charge in [-0.15, -0.1) is 0 Å². The molecule has 0 unspecified atom stereocenters. The van der Waals surface area contributed by atoms with E-state index in [0.717, 1.165) is 16.5 Å². The zero-order chi connectivity index (χ0) is 13.2. The summed E-state index contributed by atoms with van der Waals surface area (Å²) < 4.78 is 23.8. The quantitative estimate of drug-likeness (QED) is 0.685. The van der Waals surface area contributed by atoms with E-state index in [2.05, 4.69) is 0 Å². The number of benzene rings is 2. The molecule has 96 valence electrons. The Kier molecular flexibility index (Phi) is 3.13. The Hall–Kier alpha value is -2.00. The molecule has 2 nitrogen and oxygen atoms in total. The third-order valence-corrected chi connectivity index (χ3v) is 3.06. The van der Waals surface area contributed by atoms with Crippen LogP contribution in [0, 0.1) is 5.82 Å². The first-order valence-electron chi connectivity index (χ1n) is 5.76. The number of ether oxygens (including phenoxy) is 1. The Morgan fingerprint density at radius 1 is 1.11 bits per heavy atom. The van der Waals surface area contributed by atoms with Crippen molar-refractivity contribution in [2.75, 3.05) is 0 Å². The maximum absolute atomic E-state index is 12.8. The lowest BCUT2D eigenvalue weighted by atomic mass is 10.2. The maximum atomic E-state index is 12.8. The summed E-state index contributed by atoms with van der Waals surface area (Å²) in [5.41, 5.74) is 1.65. The van der Waals surface area contributed by atoms with Crippen LogP contribution in [0.1, 0.15) is 5.56 Å². The van der Waals surface area contributed by atoms with E-state index in [1.165, 1.54) is 12.1 Å². The summed E-state index contributed by atoms with van der Waals surface area (Å²) in [7, 11) is 0. The number of hydrogen-bond donors (Lipinski definition) is 0. The smallest absolute Gasteiger partial charge is 0.135 e. The third-order valence-electron chi connectivity index (χ3n) is 2.83. The van der Waals surface area contributed by atoms with E-state index in [1.54, 1.807) is 30.5 Å². The summed E-state index contributed by atoms with van der Waals surface area (Å²) >= 11 is 5.89. The van der Waals surface area contributed by atoms with Gasteiger partial charge in [0.15, 0.2) is 0 Å². The molecular weight excluding hydrogens is 267 g/mol. The lowest BCUT2D eigenvalue weighted by Gasteiger charge is -2.04. The highest BCUT2D eigenvalue weighted by Crippen LogP contribution is 2.25. The van der Waals surface area contributed by atoms with Crippen LogP contribution in [0.5, 0.6) is 5.75 Å². The molecule has 0 amide bonds. The molecule has 0 spiro atoms. The van der Waals surface area contributed by atoms with Gasteiger partial charge in [-0.25, -0.2) is 4.39 Å². The van der Waals surface area contributed by atoms with Crippen molar-refractivity contribution < 1.29 is 13.5 Å². The predicted molar refractivity (Wildman–Crippen MR) is 72.0 cm³/mol. The van der Waals surface area contributed by atoms with Crippen molar-refractivity contribution in [3.05, 3.63) is 65.1 Å². The van der Waals surface area contributed by atoms with Crippen molar-refractivity contribution in [1.29, 1.82) is 0 Å². The number of furan rings is 1. The van der Waals surface area contributed by atoms with E-state index in [4.69, 9.17) is 20.8 Å². The Labute approximate surface area is 114 Å². The van der Waals surface area contributed by atoms with E-state index < -0.39 is 0 Å². The summed E-state index contributed by atoms with van der Waals surface area (Å²) in [6.45, 7) is 0.361. The fraction of sp³-hybridized carbons (Fsp3) is 0.0667. The van der Waals surface area contributed by atoms with Gasteiger partial charge >= 0.3 is 0 Å². The van der Waals surface area contributed by atoms with E-state index in [1.807, 2.05) is 6.07 Å². The monoisotopic (exact) mass is 276 g/mol. The molecule has 3 rings (SSSR count). The molecule has 0 saturated heterocycles. The number of halogens is 2. The van der Waals surface area contributed by atoms with Crippen LogP contribution in [-0.2, 0) is 6.61 Å². The largest absolute Gasteiger partial charge is 0.489 e. The predicted octanol–water partition coefficient (Wildman–Crippen LogP) is 4.80. The lowest BCUT2D eigenvalue weighted by molar-refractivity contribution is 0.305. The van der Waals surface area contributed by atoms with Gasteiger partial charge in [0.25, 0.3) is 0 Å². The third kappa shape index (κ3) is 2.56. The molecular formula is C15H10ClFO2. The first kappa shape index (κ1) is 12.1. The van der Waals surface area contributed by atoms with E-state index in [-0.39, 0.29) is 5.82 Å². The SMILES string of the molecule is Fc1ccc(OCc2coc3cc(Cl)ccc23)cc1. The molecule has 4 heteroatoms. The van der Waals surface area contributed by atoms with Crippen LogP contribution in [0.3, 0.4) is 0 Å². The van der Waals surface area contributed by atoms with Gasteiger partial charge in [-0.05, 0) is 42.5 Å². The van der Waals surface area contributed by atoms with Gasteiger partial charge in [-0.1, -0.05) is 11.6 Å². The van der Waals surface area contributed by atoms with Crippen molar-refractivity contribution in [1.82, 2.24) is 0 Å². The zero-order valence-electron chi connectivity index (χ0n) is 9.90. The van der Waals surface area contributed by atoms with E-state index in [0.29, 0.717) is 17.4 Å². The maximum Gasteiger partial charge on any atom is 0.135 e. The second-order valence-corrected chi connectivity index (χ2v) is 4.58. The van der Waals surface area contributed by atoms with Crippen LogP contribution >= 0.6 is 11.6 Å². The topological polar surface area (TPSA) is 22.4 Å². The highest BCUT2D eigenvalue weighted by atomic mass is 35.5. The van der Waals surface area contributed by atoms with Crippen LogP contribution in [0.2, 0.25) is 5.02 Å². The Balaban J connectivity index is 1.80. The molecule has 2 aromatic carbocycles. The number of fused-ring (bicyclic) bond motifs is 1. The normalized spacial score (nSPS) is 10.8. The number of hydrogen-bond acceptors (Lipinski definition) is 2. The summed E-state index contributed by atoms with van der Waals surface area (Å²) in [5.74, 6) is 0.334. The highest BCUT2D eigenvalue weighted by Gasteiger charge is 2.07. The molecule has 1 heterocycles. The second kappa shape index (κ2) is 4.94.